The zero-order valence-corrected chi connectivity index (χ0v) is 28.5. The topological polar surface area (TPSA) is 92.3 Å². The molecule has 5 aromatic carbocycles. The number of ether oxygens (including phenoxy) is 10. The Kier molecular flexibility index (Phi) is 14.2. The first-order chi connectivity index (χ1) is 24.9. The fourth-order valence-electron chi connectivity index (χ4n) is 5.77. The molecule has 2 heterocycles. The molecular formula is C40H46O10. The number of hydrogen-bond donors (Lipinski definition) is 0. The lowest BCUT2D eigenvalue weighted by atomic mass is 10.0. The van der Waals surface area contributed by atoms with Gasteiger partial charge >= 0.3 is 0 Å². The SMILES string of the molecule is c1ccc2c3ccc(c2c1)OCCOCCOCCOCCOc1c2ccccc2c(c2ccccc12)OCCOCCOCCOCCO3. The summed E-state index contributed by atoms with van der Waals surface area (Å²) in [5, 5.41) is 5.92. The standard InChI is InChI=1S/C40H46O10/c1-2-8-32-31(7-1)37-13-14-38(32)48-28-24-44-20-16-42-18-22-46-26-30-50-40-35-11-5-3-9-33(35)39(34-10-4-6-12-36(34)40)49-29-25-45-21-17-41-15-19-43-23-27-47-37/h1-14H,15-30H2. The van der Waals surface area contributed by atoms with Crippen LogP contribution in [-0.4, -0.2) is 106 Å². The van der Waals surface area contributed by atoms with Crippen LogP contribution in [0.3, 0.4) is 0 Å². The summed E-state index contributed by atoms with van der Waals surface area (Å²) in [5.74, 6) is 3.21. The monoisotopic (exact) mass is 686 g/mol. The van der Waals surface area contributed by atoms with Gasteiger partial charge in [-0.25, -0.2) is 0 Å². The van der Waals surface area contributed by atoms with E-state index in [1.54, 1.807) is 0 Å². The van der Waals surface area contributed by atoms with Crippen LogP contribution in [0, 0.1) is 0 Å². The van der Waals surface area contributed by atoms with Crippen molar-refractivity contribution < 1.29 is 47.4 Å². The first-order valence-electron chi connectivity index (χ1n) is 17.3. The van der Waals surface area contributed by atoms with Crippen molar-refractivity contribution in [1.29, 1.82) is 0 Å². The molecule has 50 heavy (non-hydrogen) atoms. The van der Waals surface area contributed by atoms with Gasteiger partial charge in [-0.15, -0.1) is 0 Å². The third-order valence-corrected chi connectivity index (χ3v) is 8.08. The fourth-order valence-corrected chi connectivity index (χ4v) is 5.77. The molecule has 266 valence electrons. The Morgan fingerprint density at radius 1 is 0.240 bits per heavy atom. The Labute approximate surface area is 293 Å². The predicted octanol–water partition coefficient (Wildman–Crippen LogP) is 6.47. The van der Waals surface area contributed by atoms with Gasteiger partial charge in [0, 0.05) is 32.3 Å². The van der Waals surface area contributed by atoms with E-state index in [0.717, 1.165) is 55.3 Å². The average molecular weight is 687 g/mol. The normalized spacial score (nSPS) is 17.7. The van der Waals surface area contributed by atoms with Gasteiger partial charge in [0.05, 0.1) is 79.3 Å². The molecule has 0 saturated carbocycles. The van der Waals surface area contributed by atoms with Gasteiger partial charge in [-0.3, -0.25) is 0 Å². The second kappa shape index (κ2) is 19.9. The van der Waals surface area contributed by atoms with E-state index in [-0.39, 0.29) is 0 Å². The Hall–Kier alpha value is -4.16. The molecule has 10 nitrogen and oxygen atoms in total. The first-order valence-corrected chi connectivity index (χ1v) is 17.3. The van der Waals surface area contributed by atoms with Gasteiger partial charge in [0.1, 0.15) is 49.4 Å². The van der Waals surface area contributed by atoms with Crippen molar-refractivity contribution in [3.63, 3.8) is 0 Å². The summed E-state index contributed by atoms with van der Waals surface area (Å²) in [7, 11) is 0. The summed E-state index contributed by atoms with van der Waals surface area (Å²) in [6.07, 6.45) is 0. The summed E-state index contributed by atoms with van der Waals surface area (Å²) in [6.45, 7) is 7.23. The first kappa shape index (κ1) is 35.7. The Morgan fingerprint density at radius 3 is 0.780 bits per heavy atom. The van der Waals surface area contributed by atoms with Gasteiger partial charge in [-0.05, 0) is 12.1 Å². The lowest BCUT2D eigenvalue weighted by Crippen LogP contribution is -2.15. The maximum absolute atomic E-state index is 6.33. The van der Waals surface area contributed by atoms with Crippen molar-refractivity contribution in [2.24, 2.45) is 0 Å². The molecule has 0 amide bonds. The number of rotatable bonds is 0. The van der Waals surface area contributed by atoms with Crippen LogP contribution in [0.5, 0.6) is 23.0 Å². The van der Waals surface area contributed by atoms with Crippen molar-refractivity contribution in [3.8, 4) is 23.0 Å². The highest BCUT2D eigenvalue weighted by Crippen LogP contribution is 2.42. The van der Waals surface area contributed by atoms with E-state index in [9.17, 15) is 0 Å². The third kappa shape index (κ3) is 9.97. The average Bonchev–Trinajstić information content (AvgIpc) is 3.15. The van der Waals surface area contributed by atoms with Crippen LogP contribution in [0.1, 0.15) is 0 Å². The van der Waals surface area contributed by atoms with Crippen molar-refractivity contribution in [2.45, 2.75) is 0 Å². The van der Waals surface area contributed by atoms with Gasteiger partial charge < -0.3 is 47.4 Å². The van der Waals surface area contributed by atoms with Gasteiger partial charge in [0.2, 0.25) is 0 Å². The molecule has 0 saturated heterocycles. The van der Waals surface area contributed by atoms with E-state index in [1.807, 2.05) is 60.7 Å². The zero-order valence-electron chi connectivity index (χ0n) is 28.5. The van der Waals surface area contributed by atoms with Crippen LogP contribution in [0.4, 0.5) is 0 Å². The number of fused-ring (bicyclic) bond motifs is 26. The van der Waals surface area contributed by atoms with Gasteiger partial charge in [0.15, 0.2) is 0 Å². The Balaban J connectivity index is 1.03. The van der Waals surface area contributed by atoms with Crippen LogP contribution >= 0.6 is 0 Å². The van der Waals surface area contributed by atoms with Crippen molar-refractivity contribution in [1.82, 2.24) is 0 Å². The van der Waals surface area contributed by atoms with Crippen LogP contribution in [0.2, 0.25) is 0 Å². The van der Waals surface area contributed by atoms with Gasteiger partial charge in [-0.1, -0.05) is 72.8 Å². The predicted molar refractivity (Wildman–Crippen MR) is 192 cm³/mol. The largest absolute Gasteiger partial charge is 0.491 e. The third-order valence-electron chi connectivity index (χ3n) is 8.08. The molecule has 5 aromatic rings. The van der Waals surface area contributed by atoms with E-state index in [1.165, 1.54) is 0 Å². The quantitative estimate of drug-likeness (QED) is 0.133. The van der Waals surface area contributed by atoms with Gasteiger partial charge in [0.25, 0.3) is 0 Å². The molecule has 4 bridgehead atoms. The molecule has 7 rings (SSSR count). The van der Waals surface area contributed by atoms with Crippen molar-refractivity contribution >= 4 is 32.3 Å². The molecule has 0 aromatic heterocycles. The minimum absolute atomic E-state index is 0.407. The summed E-state index contributed by atoms with van der Waals surface area (Å²) in [5.41, 5.74) is 0. The molecule has 0 radical (unpaired) electrons. The Morgan fingerprint density at radius 2 is 0.480 bits per heavy atom. The highest BCUT2D eigenvalue weighted by Gasteiger charge is 2.16. The molecule has 0 unspecified atom stereocenters. The Bertz CT molecular complexity index is 1580. The molecule has 2 aliphatic rings. The highest BCUT2D eigenvalue weighted by molar-refractivity contribution is 6.11. The molecule has 2 aliphatic heterocycles. The maximum atomic E-state index is 6.33. The summed E-state index contributed by atoms with van der Waals surface area (Å²) in [6, 6.07) is 28.2. The second-order valence-corrected chi connectivity index (χ2v) is 11.4. The van der Waals surface area contributed by atoms with E-state index >= 15 is 0 Å². The number of benzene rings is 5. The van der Waals surface area contributed by atoms with E-state index in [0.29, 0.717) is 106 Å². The second-order valence-electron chi connectivity index (χ2n) is 11.4. The summed E-state index contributed by atoms with van der Waals surface area (Å²) >= 11 is 0. The van der Waals surface area contributed by atoms with Crippen molar-refractivity contribution in [2.75, 3.05) is 106 Å². The minimum atomic E-state index is 0.407. The van der Waals surface area contributed by atoms with E-state index < -0.39 is 0 Å². The van der Waals surface area contributed by atoms with Crippen LogP contribution in [0.25, 0.3) is 32.3 Å². The molecule has 0 fully saturated rings. The molecule has 0 spiro atoms. The fraction of sp³-hybridized carbons (Fsp3) is 0.400. The van der Waals surface area contributed by atoms with Crippen molar-refractivity contribution in [3.05, 3.63) is 84.9 Å². The lowest BCUT2D eigenvalue weighted by molar-refractivity contribution is 0.00497. The van der Waals surface area contributed by atoms with Gasteiger partial charge in [-0.2, -0.15) is 0 Å². The van der Waals surface area contributed by atoms with E-state index in [2.05, 4.69) is 24.3 Å². The van der Waals surface area contributed by atoms with Crippen LogP contribution < -0.4 is 18.9 Å². The van der Waals surface area contributed by atoms with Crippen LogP contribution in [0.15, 0.2) is 84.9 Å². The molecule has 0 aliphatic carbocycles. The smallest absolute Gasteiger partial charge is 0.135 e. The summed E-state index contributed by atoms with van der Waals surface area (Å²) < 4.78 is 59.1. The molecular weight excluding hydrogens is 640 g/mol. The molecule has 0 N–H and O–H groups in total. The summed E-state index contributed by atoms with van der Waals surface area (Å²) in [4.78, 5) is 0. The molecule has 10 heteroatoms. The number of hydrogen-bond acceptors (Lipinski definition) is 10. The minimum Gasteiger partial charge on any atom is -0.491 e. The lowest BCUT2D eigenvalue weighted by Gasteiger charge is -2.18. The highest BCUT2D eigenvalue weighted by atomic mass is 16.6. The van der Waals surface area contributed by atoms with Crippen LogP contribution in [-0.2, 0) is 28.4 Å². The maximum Gasteiger partial charge on any atom is 0.135 e. The zero-order chi connectivity index (χ0) is 34.1. The molecule has 0 atom stereocenters. The van der Waals surface area contributed by atoms with E-state index in [4.69, 9.17) is 47.4 Å².